The van der Waals surface area contributed by atoms with Gasteiger partial charge in [0.15, 0.2) is 0 Å². The number of carbonyl (C=O) groups is 1. The van der Waals surface area contributed by atoms with Gasteiger partial charge in [-0.05, 0) is 30.9 Å². The first-order chi connectivity index (χ1) is 13.1. The SMILES string of the molecule is COc1ccc2c(c1)OCC(C(=O)N1CCC(O)(Cn3ccnc3)CC1)C2. The first kappa shape index (κ1) is 17.9. The Kier molecular flexibility index (Phi) is 4.78. The lowest BCUT2D eigenvalue weighted by Gasteiger charge is -2.40. The van der Waals surface area contributed by atoms with Gasteiger partial charge >= 0.3 is 0 Å². The fourth-order valence-electron chi connectivity index (χ4n) is 3.92. The van der Waals surface area contributed by atoms with Gasteiger partial charge in [-0.25, -0.2) is 4.98 Å². The Morgan fingerprint density at radius 2 is 2.22 bits per heavy atom. The van der Waals surface area contributed by atoms with Crippen LogP contribution in [0.2, 0.25) is 0 Å². The standard InChI is InChI=1S/C20H25N3O4/c1-26-17-3-2-15-10-16(12-27-18(15)11-17)19(24)23-7-4-20(25,5-8-23)13-22-9-6-21-14-22/h2-3,6,9,11,14,16,25H,4-5,7-8,10,12-13H2,1H3. The van der Waals surface area contributed by atoms with Gasteiger partial charge in [-0.15, -0.1) is 0 Å². The predicted octanol–water partition coefficient (Wildman–Crippen LogP) is 1.50. The van der Waals surface area contributed by atoms with Crippen LogP contribution in [0.15, 0.2) is 36.9 Å². The average molecular weight is 371 g/mol. The Labute approximate surface area is 158 Å². The Hall–Kier alpha value is -2.54. The second-order valence-electron chi connectivity index (χ2n) is 7.47. The maximum atomic E-state index is 12.9. The summed E-state index contributed by atoms with van der Waals surface area (Å²) in [6.45, 7) is 2.03. The topological polar surface area (TPSA) is 76.8 Å². The second-order valence-corrected chi connectivity index (χ2v) is 7.47. The molecule has 2 aromatic rings. The predicted molar refractivity (Wildman–Crippen MR) is 98.7 cm³/mol. The molecule has 1 unspecified atom stereocenters. The third kappa shape index (κ3) is 3.78. The van der Waals surface area contributed by atoms with Crippen molar-refractivity contribution in [2.45, 2.75) is 31.4 Å². The van der Waals surface area contributed by atoms with E-state index in [0.717, 1.165) is 17.1 Å². The molecule has 0 spiro atoms. The molecule has 27 heavy (non-hydrogen) atoms. The summed E-state index contributed by atoms with van der Waals surface area (Å²) in [7, 11) is 1.63. The number of carbonyl (C=O) groups excluding carboxylic acids is 1. The molecule has 0 radical (unpaired) electrons. The molecule has 1 aromatic heterocycles. The van der Waals surface area contributed by atoms with Crippen molar-refractivity contribution in [3.05, 3.63) is 42.5 Å². The van der Waals surface area contributed by atoms with Crippen LogP contribution in [-0.4, -0.2) is 57.9 Å². The lowest BCUT2D eigenvalue weighted by atomic mass is 9.89. The highest BCUT2D eigenvalue weighted by Gasteiger charge is 2.37. The summed E-state index contributed by atoms with van der Waals surface area (Å²) in [6.07, 6.45) is 7.08. The van der Waals surface area contributed by atoms with E-state index in [4.69, 9.17) is 9.47 Å². The number of fused-ring (bicyclic) bond motifs is 1. The van der Waals surface area contributed by atoms with Crippen molar-refractivity contribution in [1.29, 1.82) is 0 Å². The number of ether oxygens (including phenoxy) is 2. The number of likely N-dealkylation sites (tertiary alicyclic amines) is 1. The molecule has 0 saturated carbocycles. The third-order valence-corrected chi connectivity index (χ3v) is 5.57. The molecule has 7 heteroatoms. The minimum absolute atomic E-state index is 0.112. The summed E-state index contributed by atoms with van der Waals surface area (Å²) >= 11 is 0. The van der Waals surface area contributed by atoms with Gasteiger partial charge in [0.25, 0.3) is 0 Å². The van der Waals surface area contributed by atoms with Gasteiger partial charge in [-0.3, -0.25) is 4.79 Å². The lowest BCUT2D eigenvalue weighted by molar-refractivity contribution is -0.141. The zero-order chi connectivity index (χ0) is 18.9. The maximum Gasteiger partial charge on any atom is 0.229 e. The van der Waals surface area contributed by atoms with E-state index < -0.39 is 5.60 Å². The van der Waals surface area contributed by atoms with Crippen molar-refractivity contribution in [3.8, 4) is 11.5 Å². The number of aromatic nitrogens is 2. The Bertz CT molecular complexity index is 798. The summed E-state index contributed by atoms with van der Waals surface area (Å²) in [5.41, 5.74) is 0.248. The Morgan fingerprint density at radius 3 is 2.93 bits per heavy atom. The monoisotopic (exact) mass is 371 g/mol. The van der Waals surface area contributed by atoms with E-state index in [1.807, 2.05) is 33.9 Å². The molecule has 2 aliphatic rings. The van der Waals surface area contributed by atoms with Gasteiger partial charge in [0.2, 0.25) is 5.91 Å². The van der Waals surface area contributed by atoms with Crippen LogP contribution in [0.3, 0.4) is 0 Å². The van der Waals surface area contributed by atoms with Gasteiger partial charge in [0.05, 0.1) is 31.5 Å². The minimum atomic E-state index is -0.788. The molecule has 3 heterocycles. The van der Waals surface area contributed by atoms with Crippen LogP contribution in [0.1, 0.15) is 18.4 Å². The molecule has 4 rings (SSSR count). The molecule has 1 amide bonds. The molecule has 144 valence electrons. The maximum absolute atomic E-state index is 12.9. The highest BCUT2D eigenvalue weighted by Crippen LogP contribution is 2.32. The average Bonchev–Trinajstić information content (AvgIpc) is 3.19. The van der Waals surface area contributed by atoms with E-state index in [-0.39, 0.29) is 11.8 Å². The zero-order valence-corrected chi connectivity index (χ0v) is 15.5. The van der Waals surface area contributed by atoms with Crippen LogP contribution in [-0.2, 0) is 17.8 Å². The van der Waals surface area contributed by atoms with Crippen molar-refractivity contribution in [2.24, 2.45) is 5.92 Å². The number of methoxy groups -OCH3 is 1. The molecule has 1 fully saturated rings. The summed E-state index contributed by atoms with van der Waals surface area (Å²) in [5.74, 6) is 1.49. The number of hydrogen-bond donors (Lipinski definition) is 1. The van der Waals surface area contributed by atoms with Crippen LogP contribution in [0.5, 0.6) is 11.5 Å². The highest BCUT2D eigenvalue weighted by molar-refractivity contribution is 5.80. The van der Waals surface area contributed by atoms with Crippen molar-refractivity contribution in [1.82, 2.24) is 14.5 Å². The van der Waals surface area contributed by atoms with Crippen molar-refractivity contribution >= 4 is 5.91 Å². The molecular weight excluding hydrogens is 346 g/mol. The van der Waals surface area contributed by atoms with Gasteiger partial charge in [0.1, 0.15) is 18.1 Å². The number of imidazole rings is 1. The molecule has 1 atom stereocenters. The quantitative estimate of drug-likeness (QED) is 0.881. The number of hydrogen-bond acceptors (Lipinski definition) is 5. The molecule has 1 aromatic carbocycles. The largest absolute Gasteiger partial charge is 0.497 e. The van der Waals surface area contributed by atoms with E-state index in [0.29, 0.717) is 45.5 Å². The normalized spacial score (nSPS) is 21.3. The Morgan fingerprint density at radius 1 is 1.41 bits per heavy atom. The summed E-state index contributed by atoms with van der Waals surface area (Å²) in [6, 6.07) is 5.73. The van der Waals surface area contributed by atoms with Crippen molar-refractivity contribution in [3.63, 3.8) is 0 Å². The third-order valence-electron chi connectivity index (χ3n) is 5.57. The molecule has 7 nitrogen and oxygen atoms in total. The van der Waals surface area contributed by atoms with Crippen LogP contribution in [0.25, 0.3) is 0 Å². The smallest absolute Gasteiger partial charge is 0.229 e. The van der Waals surface area contributed by atoms with Crippen LogP contribution in [0, 0.1) is 5.92 Å². The van der Waals surface area contributed by atoms with Crippen molar-refractivity contribution in [2.75, 3.05) is 26.8 Å². The zero-order valence-electron chi connectivity index (χ0n) is 15.5. The van der Waals surface area contributed by atoms with Gasteiger partial charge in [-0.2, -0.15) is 0 Å². The van der Waals surface area contributed by atoms with E-state index >= 15 is 0 Å². The van der Waals surface area contributed by atoms with E-state index in [2.05, 4.69) is 4.98 Å². The number of benzene rings is 1. The van der Waals surface area contributed by atoms with Gasteiger partial charge in [-0.1, -0.05) is 6.07 Å². The molecular formula is C20H25N3O4. The van der Waals surface area contributed by atoms with Crippen LogP contribution >= 0.6 is 0 Å². The summed E-state index contributed by atoms with van der Waals surface area (Å²) < 4.78 is 12.9. The minimum Gasteiger partial charge on any atom is -0.497 e. The number of aliphatic hydroxyl groups is 1. The number of rotatable bonds is 4. The molecule has 0 aliphatic carbocycles. The summed E-state index contributed by atoms with van der Waals surface area (Å²) in [5, 5.41) is 10.8. The number of amides is 1. The summed E-state index contributed by atoms with van der Waals surface area (Å²) in [4.78, 5) is 18.8. The van der Waals surface area contributed by atoms with Crippen LogP contribution in [0.4, 0.5) is 0 Å². The molecule has 2 aliphatic heterocycles. The molecule has 1 N–H and O–H groups in total. The fraction of sp³-hybridized carbons (Fsp3) is 0.500. The first-order valence-electron chi connectivity index (χ1n) is 9.33. The molecule has 1 saturated heterocycles. The fourth-order valence-corrected chi connectivity index (χ4v) is 3.92. The lowest BCUT2D eigenvalue weighted by Crippen LogP contribution is -2.51. The van der Waals surface area contributed by atoms with Crippen molar-refractivity contribution < 1.29 is 19.4 Å². The van der Waals surface area contributed by atoms with E-state index in [1.54, 1.807) is 19.6 Å². The number of piperidine rings is 1. The van der Waals surface area contributed by atoms with Crippen LogP contribution < -0.4 is 9.47 Å². The first-order valence-corrected chi connectivity index (χ1v) is 9.33. The van der Waals surface area contributed by atoms with Gasteiger partial charge < -0.3 is 24.0 Å². The number of nitrogens with zero attached hydrogens (tertiary/aromatic N) is 3. The van der Waals surface area contributed by atoms with E-state index in [9.17, 15) is 9.90 Å². The second kappa shape index (κ2) is 7.23. The highest BCUT2D eigenvalue weighted by atomic mass is 16.5. The molecule has 0 bridgehead atoms. The Balaban J connectivity index is 1.35. The van der Waals surface area contributed by atoms with E-state index in [1.165, 1.54) is 0 Å². The van der Waals surface area contributed by atoms with Gasteiger partial charge in [0, 0.05) is 31.5 Å².